The Morgan fingerprint density at radius 2 is 2.23 bits per heavy atom. The van der Waals surface area contributed by atoms with Crippen LogP contribution < -0.4 is 16.3 Å². The second kappa shape index (κ2) is 6.69. The molecule has 1 aromatic heterocycles. The van der Waals surface area contributed by atoms with Gasteiger partial charge in [-0.3, -0.25) is 9.59 Å². The molecular weight excluding hydrogens is 288 g/mol. The van der Waals surface area contributed by atoms with Crippen LogP contribution in [0.1, 0.15) is 36.5 Å². The number of aromatic nitrogens is 2. The van der Waals surface area contributed by atoms with E-state index in [2.05, 4.69) is 20.6 Å². The summed E-state index contributed by atoms with van der Waals surface area (Å²) in [6.45, 7) is 4.40. The van der Waals surface area contributed by atoms with Crippen LogP contribution in [0.3, 0.4) is 0 Å². The van der Waals surface area contributed by atoms with Crippen LogP contribution in [0, 0.1) is 5.92 Å². The molecule has 1 amide bonds. The molecule has 4 N–H and O–H groups in total. The molecule has 8 heteroatoms. The first-order valence-corrected chi connectivity index (χ1v) is 7.22. The Bertz CT molecular complexity index is 626. The minimum atomic E-state index is -0.940. The van der Waals surface area contributed by atoms with Crippen molar-refractivity contribution in [2.24, 2.45) is 5.92 Å². The Labute approximate surface area is 127 Å². The van der Waals surface area contributed by atoms with Crippen LogP contribution in [0.15, 0.2) is 10.9 Å². The van der Waals surface area contributed by atoms with Gasteiger partial charge in [0.15, 0.2) is 0 Å². The molecule has 1 fully saturated rings. The number of carboxylic acid groups (broad SMARTS) is 1. The zero-order valence-corrected chi connectivity index (χ0v) is 12.5. The number of H-pyrrole nitrogens is 1. The molecule has 1 saturated heterocycles. The number of hydrogen-bond donors (Lipinski definition) is 4. The van der Waals surface area contributed by atoms with Crippen molar-refractivity contribution < 1.29 is 14.7 Å². The predicted octanol–water partition coefficient (Wildman–Crippen LogP) is -0.487. The highest BCUT2D eigenvalue weighted by molar-refractivity contribution is 5.92. The van der Waals surface area contributed by atoms with Crippen molar-refractivity contribution in [2.45, 2.75) is 38.8 Å². The summed E-state index contributed by atoms with van der Waals surface area (Å²) in [7, 11) is 0. The van der Waals surface area contributed by atoms with Gasteiger partial charge in [0.1, 0.15) is 11.7 Å². The maximum Gasteiger partial charge on any atom is 0.345 e. The van der Waals surface area contributed by atoms with Crippen LogP contribution in [0.4, 0.5) is 0 Å². The summed E-state index contributed by atoms with van der Waals surface area (Å²) in [4.78, 5) is 40.9. The fourth-order valence-corrected chi connectivity index (χ4v) is 2.47. The molecule has 0 bridgehead atoms. The number of rotatable bonds is 5. The molecular formula is C14H20N4O4. The van der Waals surface area contributed by atoms with Crippen LogP contribution in [0.5, 0.6) is 0 Å². The highest BCUT2D eigenvalue weighted by Crippen LogP contribution is 2.09. The molecule has 0 saturated carbocycles. The van der Waals surface area contributed by atoms with Crippen molar-refractivity contribution in [3.8, 4) is 0 Å². The lowest BCUT2D eigenvalue weighted by Gasteiger charge is -2.11. The van der Waals surface area contributed by atoms with E-state index in [0.29, 0.717) is 31.0 Å². The monoisotopic (exact) mass is 308 g/mol. The van der Waals surface area contributed by atoms with Crippen molar-refractivity contribution in [2.75, 3.05) is 6.54 Å². The Kier molecular flexibility index (Phi) is 4.92. The van der Waals surface area contributed by atoms with Gasteiger partial charge in [0.2, 0.25) is 0 Å². The van der Waals surface area contributed by atoms with E-state index in [1.807, 2.05) is 13.8 Å². The molecule has 1 aromatic rings. The van der Waals surface area contributed by atoms with Crippen LogP contribution in [0.2, 0.25) is 0 Å². The van der Waals surface area contributed by atoms with E-state index >= 15 is 0 Å². The number of aliphatic carboxylic acids is 1. The molecule has 1 aliphatic rings. The molecule has 0 aromatic carbocycles. The van der Waals surface area contributed by atoms with E-state index < -0.39 is 23.6 Å². The van der Waals surface area contributed by atoms with Crippen molar-refractivity contribution in [1.29, 1.82) is 0 Å². The van der Waals surface area contributed by atoms with Gasteiger partial charge in [0, 0.05) is 18.3 Å². The molecule has 8 nitrogen and oxygen atoms in total. The van der Waals surface area contributed by atoms with Crippen LogP contribution in [-0.2, 0) is 11.2 Å². The van der Waals surface area contributed by atoms with E-state index in [1.165, 1.54) is 0 Å². The Hall–Kier alpha value is -2.22. The number of nitrogens with zero attached hydrogens (tertiary/aromatic N) is 1. The molecule has 0 spiro atoms. The minimum Gasteiger partial charge on any atom is -0.480 e. The number of nitrogens with one attached hydrogen (secondary N) is 3. The van der Waals surface area contributed by atoms with Crippen LogP contribution in [0.25, 0.3) is 0 Å². The number of carboxylic acids is 1. The van der Waals surface area contributed by atoms with E-state index in [0.717, 1.165) is 0 Å². The van der Waals surface area contributed by atoms with Gasteiger partial charge in [-0.05, 0) is 24.8 Å². The number of aromatic amines is 1. The second-order valence-corrected chi connectivity index (χ2v) is 5.90. The van der Waals surface area contributed by atoms with Gasteiger partial charge >= 0.3 is 11.7 Å². The molecule has 2 atom stereocenters. The van der Waals surface area contributed by atoms with E-state index in [4.69, 9.17) is 5.11 Å². The summed E-state index contributed by atoms with van der Waals surface area (Å²) in [5.74, 6) is -1.07. The lowest BCUT2D eigenvalue weighted by molar-refractivity contribution is -0.139. The average Bonchev–Trinajstić information content (AvgIpc) is 2.85. The molecule has 2 rings (SSSR count). The second-order valence-electron chi connectivity index (χ2n) is 5.90. The van der Waals surface area contributed by atoms with E-state index in [1.54, 1.807) is 6.07 Å². The normalized spacial score (nSPS) is 21.0. The van der Waals surface area contributed by atoms with Crippen molar-refractivity contribution >= 4 is 11.9 Å². The van der Waals surface area contributed by atoms with Gasteiger partial charge < -0.3 is 20.7 Å². The van der Waals surface area contributed by atoms with Gasteiger partial charge in [-0.25, -0.2) is 4.79 Å². The SMILES string of the molecule is CC(C)Cc1cc(C(=O)N[C@@H]2CN[C@H](C(=O)O)C2)nc(=O)[nH]1. The fourth-order valence-electron chi connectivity index (χ4n) is 2.47. The van der Waals surface area contributed by atoms with Crippen LogP contribution in [-0.4, -0.2) is 45.6 Å². The van der Waals surface area contributed by atoms with Crippen molar-refractivity contribution in [3.63, 3.8) is 0 Å². The first-order valence-electron chi connectivity index (χ1n) is 7.22. The maximum atomic E-state index is 12.2. The number of carbonyl (C=O) groups excluding carboxylic acids is 1. The number of carbonyl (C=O) groups is 2. The molecule has 0 aliphatic carbocycles. The molecule has 0 unspecified atom stereocenters. The van der Waals surface area contributed by atoms with Gasteiger partial charge in [-0.2, -0.15) is 4.98 Å². The first-order chi connectivity index (χ1) is 10.3. The topological polar surface area (TPSA) is 124 Å². The van der Waals surface area contributed by atoms with Crippen LogP contribution >= 0.6 is 0 Å². The Balaban J connectivity index is 2.05. The van der Waals surface area contributed by atoms with E-state index in [-0.39, 0.29) is 11.7 Å². The largest absolute Gasteiger partial charge is 0.480 e. The van der Waals surface area contributed by atoms with Gasteiger partial charge in [0.25, 0.3) is 5.91 Å². The summed E-state index contributed by atoms with van der Waals surface area (Å²) in [6.07, 6.45) is 0.952. The van der Waals surface area contributed by atoms with Gasteiger partial charge in [-0.15, -0.1) is 0 Å². The molecule has 22 heavy (non-hydrogen) atoms. The summed E-state index contributed by atoms with van der Waals surface area (Å²) in [6, 6.07) is 0.616. The Morgan fingerprint density at radius 1 is 1.50 bits per heavy atom. The third-order valence-electron chi connectivity index (χ3n) is 3.43. The van der Waals surface area contributed by atoms with Crippen molar-refractivity contribution in [3.05, 3.63) is 27.9 Å². The third kappa shape index (κ3) is 4.14. The summed E-state index contributed by atoms with van der Waals surface area (Å²) < 4.78 is 0. The zero-order chi connectivity index (χ0) is 16.3. The lowest BCUT2D eigenvalue weighted by Crippen LogP contribution is -2.37. The predicted molar refractivity (Wildman–Crippen MR) is 78.7 cm³/mol. The summed E-state index contributed by atoms with van der Waals surface area (Å²) in [5, 5.41) is 14.4. The average molecular weight is 308 g/mol. The zero-order valence-electron chi connectivity index (χ0n) is 12.5. The summed E-state index contributed by atoms with van der Waals surface area (Å²) in [5.41, 5.74) is 0.155. The highest BCUT2D eigenvalue weighted by Gasteiger charge is 2.30. The summed E-state index contributed by atoms with van der Waals surface area (Å²) >= 11 is 0. The van der Waals surface area contributed by atoms with Gasteiger partial charge in [0.05, 0.1) is 0 Å². The quantitative estimate of drug-likeness (QED) is 0.582. The molecule has 2 heterocycles. The molecule has 0 radical (unpaired) electrons. The third-order valence-corrected chi connectivity index (χ3v) is 3.43. The highest BCUT2D eigenvalue weighted by atomic mass is 16.4. The number of hydrogen-bond acceptors (Lipinski definition) is 5. The lowest BCUT2D eigenvalue weighted by atomic mass is 10.1. The number of amides is 1. The first kappa shape index (κ1) is 16.2. The Morgan fingerprint density at radius 3 is 2.82 bits per heavy atom. The minimum absolute atomic E-state index is 0.0539. The van der Waals surface area contributed by atoms with Crippen molar-refractivity contribution in [1.82, 2.24) is 20.6 Å². The molecule has 120 valence electrons. The standard InChI is InChI=1S/C14H20N4O4/c1-7(2)3-8-4-10(18-14(22)17-8)12(19)16-9-5-11(13(20)21)15-6-9/h4,7,9,11,15H,3,5-6H2,1-2H3,(H,16,19)(H,20,21)(H,17,18,22)/t9-,11-/m0/s1. The maximum absolute atomic E-state index is 12.2. The fraction of sp³-hybridized carbons (Fsp3) is 0.571. The van der Waals surface area contributed by atoms with E-state index in [9.17, 15) is 14.4 Å². The molecule has 1 aliphatic heterocycles. The van der Waals surface area contributed by atoms with Gasteiger partial charge in [-0.1, -0.05) is 13.8 Å². The smallest absolute Gasteiger partial charge is 0.345 e.